The van der Waals surface area contributed by atoms with Crippen LogP contribution in [0.25, 0.3) is 0 Å². The number of hydrogen-bond donors (Lipinski definition) is 0. The molecule has 0 radical (unpaired) electrons. The zero-order valence-corrected chi connectivity index (χ0v) is 8.23. The van der Waals surface area contributed by atoms with E-state index < -0.39 is 0 Å². The maximum Gasteiger partial charge on any atom is 0.0612 e. The Bertz CT molecular complexity index is 97.4. The second kappa shape index (κ2) is 3.72. The van der Waals surface area contributed by atoms with Gasteiger partial charge < -0.3 is 4.74 Å². The maximum atomic E-state index is 5.55. The summed E-state index contributed by atoms with van der Waals surface area (Å²) < 4.78 is 5.55. The molecule has 1 heterocycles. The van der Waals surface area contributed by atoms with Gasteiger partial charge in [0, 0.05) is 11.4 Å². The Morgan fingerprint density at radius 2 is 2.20 bits per heavy atom. The minimum absolute atomic E-state index is 0.509. The van der Waals surface area contributed by atoms with Crippen molar-refractivity contribution in [2.75, 3.05) is 6.61 Å². The van der Waals surface area contributed by atoms with Crippen molar-refractivity contribution in [2.45, 2.75) is 37.6 Å². The average molecular weight is 207 g/mol. The molecule has 1 saturated heterocycles. The van der Waals surface area contributed by atoms with E-state index in [-0.39, 0.29) is 0 Å². The molecule has 0 saturated carbocycles. The molecule has 0 aliphatic carbocycles. The minimum Gasteiger partial charge on any atom is -0.378 e. The number of rotatable bonds is 2. The number of halogens is 1. The summed E-state index contributed by atoms with van der Waals surface area (Å²) in [5, 5.41) is 0. The molecule has 0 aromatic heterocycles. The lowest BCUT2D eigenvalue weighted by molar-refractivity contribution is 0.0707. The van der Waals surface area contributed by atoms with Crippen molar-refractivity contribution in [3.05, 3.63) is 0 Å². The lowest BCUT2D eigenvalue weighted by Crippen LogP contribution is -2.22. The van der Waals surface area contributed by atoms with Crippen molar-refractivity contribution in [3.8, 4) is 0 Å². The standard InChI is InChI=1S/C8H15BrO/c1-6(7(2)9)8-4-3-5-10-8/h6-8H,3-5H2,1-2H3. The molecule has 2 heteroatoms. The molecule has 3 unspecified atom stereocenters. The Balaban J connectivity index is 2.32. The van der Waals surface area contributed by atoms with E-state index in [4.69, 9.17) is 4.74 Å². The van der Waals surface area contributed by atoms with Crippen LogP contribution in [0.5, 0.6) is 0 Å². The summed E-state index contributed by atoms with van der Waals surface area (Å²) in [6.07, 6.45) is 3.00. The van der Waals surface area contributed by atoms with Gasteiger partial charge in [-0.3, -0.25) is 0 Å². The summed E-state index contributed by atoms with van der Waals surface area (Å²) in [6, 6.07) is 0. The van der Waals surface area contributed by atoms with Crippen LogP contribution in [0.3, 0.4) is 0 Å². The van der Waals surface area contributed by atoms with Gasteiger partial charge in [-0.1, -0.05) is 29.8 Å². The molecular weight excluding hydrogens is 192 g/mol. The summed E-state index contributed by atoms with van der Waals surface area (Å²) in [4.78, 5) is 0.579. The molecule has 1 nitrogen and oxygen atoms in total. The summed E-state index contributed by atoms with van der Waals surface area (Å²) in [6.45, 7) is 5.40. The SMILES string of the molecule is CC(Br)C(C)C1CCCO1. The van der Waals surface area contributed by atoms with Gasteiger partial charge in [0.25, 0.3) is 0 Å². The van der Waals surface area contributed by atoms with Gasteiger partial charge in [-0.05, 0) is 18.8 Å². The van der Waals surface area contributed by atoms with Gasteiger partial charge in [-0.25, -0.2) is 0 Å². The first-order valence-corrected chi connectivity index (χ1v) is 4.89. The maximum absolute atomic E-state index is 5.55. The zero-order valence-electron chi connectivity index (χ0n) is 6.64. The van der Waals surface area contributed by atoms with Crippen LogP contribution in [0.1, 0.15) is 26.7 Å². The van der Waals surface area contributed by atoms with E-state index in [0.717, 1.165) is 6.61 Å². The first-order valence-electron chi connectivity index (χ1n) is 3.97. The molecule has 10 heavy (non-hydrogen) atoms. The monoisotopic (exact) mass is 206 g/mol. The highest BCUT2D eigenvalue weighted by molar-refractivity contribution is 9.09. The molecule has 0 spiro atoms. The van der Waals surface area contributed by atoms with Crippen LogP contribution >= 0.6 is 15.9 Å². The van der Waals surface area contributed by atoms with Crippen LogP contribution in [0.2, 0.25) is 0 Å². The quantitative estimate of drug-likeness (QED) is 0.632. The molecule has 0 N–H and O–H groups in total. The summed E-state index contributed by atoms with van der Waals surface area (Å²) in [5.41, 5.74) is 0. The summed E-state index contributed by atoms with van der Waals surface area (Å²) >= 11 is 3.57. The Hall–Kier alpha value is 0.440. The van der Waals surface area contributed by atoms with E-state index in [2.05, 4.69) is 29.8 Å². The highest BCUT2D eigenvalue weighted by Crippen LogP contribution is 2.25. The molecule has 0 amide bonds. The second-order valence-corrected chi connectivity index (χ2v) is 4.53. The third kappa shape index (κ3) is 1.96. The van der Waals surface area contributed by atoms with E-state index in [0.29, 0.717) is 16.8 Å². The normalized spacial score (nSPS) is 32.1. The van der Waals surface area contributed by atoms with Crippen molar-refractivity contribution < 1.29 is 4.74 Å². The van der Waals surface area contributed by atoms with E-state index in [1.54, 1.807) is 0 Å². The smallest absolute Gasteiger partial charge is 0.0612 e. The number of hydrogen-bond acceptors (Lipinski definition) is 1. The Morgan fingerprint density at radius 1 is 1.50 bits per heavy atom. The molecule has 0 aromatic rings. The third-order valence-electron chi connectivity index (χ3n) is 2.28. The van der Waals surface area contributed by atoms with Crippen molar-refractivity contribution in [1.29, 1.82) is 0 Å². The minimum atomic E-state index is 0.509. The van der Waals surface area contributed by atoms with Gasteiger partial charge in [0.1, 0.15) is 0 Å². The van der Waals surface area contributed by atoms with Gasteiger partial charge in [0.05, 0.1) is 6.10 Å². The summed E-state index contributed by atoms with van der Waals surface area (Å²) in [7, 11) is 0. The Labute approximate surface area is 71.3 Å². The fraction of sp³-hybridized carbons (Fsp3) is 1.00. The van der Waals surface area contributed by atoms with Crippen molar-refractivity contribution in [3.63, 3.8) is 0 Å². The van der Waals surface area contributed by atoms with Gasteiger partial charge >= 0.3 is 0 Å². The molecular formula is C8H15BrO. The van der Waals surface area contributed by atoms with Crippen LogP contribution in [0, 0.1) is 5.92 Å². The highest BCUT2D eigenvalue weighted by Gasteiger charge is 2.24. The predicted octanol–water partition coefficient (Wildman–Crippen LogP) is 2.58. The fourth-order valence-corrected chi connectivity index (χ4v) is 1.65. The van der Waals surface area contributed by atoms with Gasteiger partial charge in [0.2, 0.25) is 0 Å². The molecule has 1 rings (SSSR count). The van der Waals surface area contributed by atoms with Crippen molar-refractivity contribution >= 4 is 15.9 Å². The predicted molar refractivity (Wildman–Crippen MR) is 46.5 cm³/mol. The largest absolute Gasteiger partial charge is 0.378 e. The molecule has 0 bridgehead atoms. The average Bonchev–Trinajstić information content (AvgIpc) is 2.36. The van der Waals surface area contributed by atoms with Crippen molar-refractivity contribution in [1.82, 2.24) is 0 Å². The first-order chi connectivity index (χ1) is 4.72. The van der Waals surface area contributed by atoms with Crippen LogP contribution in [-0.4, -0.2) is 17.5 Å². The van der Waals surface area contributed by atoms with Gasteiger partial charge in [-0.2, -0.15) is 0 Å². The molecule has 1 fully saturated rings. The summed E-state index contributed by atoms with van der Waals surface area (Å²) in [5.74, 6) is 0.655. The Kier molecular flexibility index (Phi) is 3.18. The lowest BCUT2D eigenvalue weighted by Gasteiger charge is -2.20. The zero-order chi connectivity index (χ0) is 7.56. The third-order valence-corrected chi connectivity index (χ3v) is 3.11. The Morgan fingerprint density at radius 3 is 2.60 bits per heavy atom. The molecule has 1 aliphatic heterocycles. The molecule has 1 aliphatic rings. The topological polar surface area (TPSA) is 9.23 Å². The van der Waals surface area contributed by atoms with Crippen LogP contribution in [-0.2, 0) is 4.74 Å². The molecule has 0 aromatic carbocycles. The lowest BCUT2D eigenvalue weighted by atomic mass is 10.00. The van der Waals surface area contributed by atoms with Crippen LogP contribution in [0.4, 0.5) is 0 Å². The fourth-order valence-electron chi connectivity index (χ4n) is 1.31. The van der Waals surface area contributed by atoms with Gasteiger partial charge in [-0.15, -0.1) is 0 Å². The first kappa shape index (κ1) is 8.54. The van der Waals surface area contributed by atoms with E-state index in [1.165, 1.54) is 12.8 Å². The van der Waals surface area contributed by atoms with E-state index in [9.17, 15) is 0 Å². The van der Waals surface area contributed by atoms with Gasteiger partial charge in [0.15, 0.2) is 0 Å². The van der Waals surface area contributed by atoms with Crippen LogP contribution in [0.15, 0.2) is 0 Å². The second-order valence-electron chi connectivity index (χ2n) is 3.09. The highest BCUT2D eigenvalue weighted by atomic mass is 79.9. The number of alkyl halides is 1. The van der Waals surface area contributed by atoms with E-state index in [1.807, 2.05) is 0 Å². The van der Waals surface area contributed by atoms with Crippen molar-refractivity contribution in [2.24, 2.45) is 5.92 Å². The van der Waals surface area contributed by atoms with Crippen LogP contribution < -0.4 is 0 Å². The number of ether oxygens (including phenoxy) is 1. The molecule has 3 atom stereocenters. The molecule has 60 valence electrons. The van der Waals surface area contributed by atoms with E-state index >= 15 is 0 Å².